The number of rotatable bonds is 4. The topological polar surface area (TPSA) is 40.5 Å². The number of nitrogens with zero attached hydrogens (tertiary/aromatic N) is 1. The number of benzene rings is 1. The lowest BCUT2D eigenvalue weighted by Crippen LogP contribution is -2.40. The molecule has 0 spiro atoms. The molecule has 1 aromatic rings. The zero-order chi connectivity index (χ0) is 14.7. The Morgan fingerprint density at radius 1 is 1.29 bits per heavy atom. The molecule has 1 N–H and O–H groups in total. The van der Waals surface area contributed by atoms with Crippen LogP contribution in [0.3, 0.4) is 0 Å². The Bertz CT molecular complexity index is 476. The third kappa shape index (κ3) is 3.58. The monoisotopic (exact) mass is 323 g/mol. The smallest absolute Gasteiger partial charge is 0.246 e. The number of aliphatic hydroxyl groups is 1. The van der Waals surface area contributed by atoms with E-state index in [4.69, 9.17) is 0 Å². The predicted octanol–water partition coefficient (Wildman–Crippen LogP) is 2.91. The average Bonchev–Trinajstić information content (AvgIpc) is 3.19. The Hall–Kier alpha value is -0.650. The van der Waals surface area contributed by atoms with Crippen LogP contribution in [-0.4, -0.2) is 44.6 Å². The number of hydrogen-bond acceptors (Lipinski definition) is 4. The van der Waals surface area contributed by atoms with Crippen molar-refractivity contribution in [1.29, 1.82) is 0 Å². The first-order chi connectivity index (χ1) is 10.3. The summed E-state index contributed by atoms with van der Waals surface area (Å²) in [4.78, 5) is 14.6. The molecule has 114 valence electrons. The first kappa shape index (κ1) is 15.3. The highest BCUT2D eigenvalue weighted by molar-refractivity contribution is 8.21. The van der Waals surface area contributed by atoms with Gasteiger partial charge >= 0.3 is 0 Å². The maximum Gasteiger partial charge on any atom is 0.246 e. The Morgan fingerprint density at radius 3 is 2.71 bits per heavy atom. The van der Waals surface area contributed by atoms with Crippen molar-refractivity contribution in [3.05, 3.63) is 35.9 Å². The van der Waals surface area contributed by atoms with E-state index in [2.05, 4.69) is 0 Å². The van der Waals surface area contributed by atoms with Gasteiger partial charge in [0.1, 0.15) is 4.58 Å². The van der Waals surface area contributed by atoms with Gasteiger partial charge in [0.25, 0.3) is 0 Å². The average molecular weight is 323 g/mol. The number of thioether (sulfide) groups is 2. The van der Waals surface area contributed by atoms with Crippen molar-refractivity contribution in [3.63, 3.8) is 0 Å². The van der Waals surface area contributed by atoms with Gasteiger partial charge in [-0.05, 0) is 24.8 Å². The van der Waals surface area contributed by atoms with E-state index in [0.29, 0.717) is 6.42 Å². The molecule has 0 bridgehead atoms. The molecule has 0 radical (unpaired) electrons. The summed E-state index contributed by atoms with van der Waals surface area (Å²) in [5.41, 5.74) is 0.946. The largest absolute Gasteiger partial charge is 0.388 e. The van der Waals surface area contributed by atoms with Gasteiger partial charge in [0.05, 0.1) is 6.10 Å². The fraction of sp³-hybridized carbons (Fsp3) is 0.562. The van der Waals surface area contributed by atoms with E-state index in [9.17, 15) is 9.90 Å². The highest BCUT2D eigenvalue weighted by Crippen LogP contribution is 2.36. The van der Waals surface area contributed by atoms with Gasteiger partial charge < -0.3 is 10.0 Å². The number of amides is 1. The fourth-order valence-corrected chi connectivity index (χ4v) is 5.79. The van der Waals surface area contributed by atoms with Crippen LogP contribution in [0.15, 0.2) is 30.3 Å². The zero-order valence-corrected chi connectivity index (χ0v) is 13.6. The van der Waals surface area contributed by atoms with Crippen molar-refractivity contribution < 1.29 is 9.90 Å². The van der Waals surface area contributed by atoms with Gasteiger partial charge in [-0.15, -0.1) is 23.5 Å². The van der Waals surface area contributed by atoms with E-state index in [1.165, 1.54) is 0 Å². The summed E-state index contributed by atoms with van der Waals surface area (Å²) in [6, 6.07) is 9.94. The van der Waals surface area contributed by atoms with Crippen LogP contribution >= 0.6 is 23.5 Å². The summed E-state index contributed by atoms with van der Waals surface area (Å²) in [7, 11) is 0. The maximum absolute atomic E-state index is 12.6. The van der Waals surface area contributed by atoms with Gasteiger partial charge in [0.15, 0.2) is 0 Å². The molecule has 1 amide bonds. The molecule has 2 aliphatic heterocycles. The van der Waals surface area contributed by atoms with Gasteiger partial charge in [-0.3, -0.25) is 4.79 Å². The minimum atomic E-state index is -0.478. The molecule has 0 unspecified atom stereocenters. The molecule has 0 aliphatic carbocycles. The van der Waals surface area contributed by atoms with Gasteiger partial charge in [0, 0.05) is 24.1 Å². The third-order valence-corrected chi connectivity index (χ3v) is 7.13. The van der Waals surface area contributed by atoms with Crippen molar-refractivity contribution >= 4 is 29.4 Å². The molecule has 0 aromatic heterocycles. The summed E-state index contributed by atoms with van der Waals surface area (Å²) in [5.74, 6) is 2.42. The van der Waals surface area contributed by atoms with Gasteiger partial charge in [-0.1, -0.05) is 30.3 Å². The Balaban J connectivity index is 1.62. The van der Waals surface area contributed by atoms with Crippen molar-refractivity contribution in [2.45, 2.75) is 36.0 Å². The van der Waals surface area contributed by atoms with Crippen molar-refractivity contribution in [2.75, 3.05) is 18.1 Å². The second kappa shape index (κ2) is 7.07. The minimum Gasteiger partial charge on any atom is -0.388 e. The van der Waals surface area contributed by atoms with E-state index >= 15 is 0 Å². The maximum atomic E-state index is 12.6. The number of carbonyl (C=O) groups excluding carboxylic acids is 1. The van der Waals surface area contributed by atoms with Gasteiger partial charge in [-0.25, -0.2) is 0 Å². The zero-order valence-electron chi connectivity index (χ0n) is 12.0. The molecular weight excluding hydrogens is 302 g/mol. The third-order valence-electron chi connectivity index (χ3n) is 4.16. The normalized spacial score (nSPS) is 24.4. The molecular formula is C16H21NO2S2. The van der Waals surface area contributed by atoms with Crippen LogP contribution in [0.4, 0.5) is 0 Å². The molecule has 3 nitrogen and oxygen atoms in total. The Kier molecular flexibility index (Phi) is 5.14. The molecule has 3 rings (SSSR count). The van der Waals surface area contributed by atoms with Crippen molar-refractivity contribution in [3.8, 4) is 0 Å². The van der Waals surface area contributed by atoms with E-state index in [1.54, 1.807) is 23.5 Å². The van der Waals surface area contributed by atoms with E-state index in [-0.39, 0.29) is 16.5 Å². The highest BCUT2D eigenvalue weighted by atomic mass is 32.2. The summed E-state index contributed by atoms with van der Waals surface area (Å²) in [5, 5.41) is 10.4. The molecule has 2 aliphatic rings. The van der Waals surface area contributed by atoms with Crippen LogP contribution in [0, 0.1) is 0 Å². The second-order valence-corrected chi connectivity index (χ2v) is 8.29. The van der Waals surface area contributed by atoms with Crippen LogP contribution in [0.5, 0.6) is 0 Å². The first-order valence-electron chi connectivity index (χ1n) is 7.52. The second-order valence-electron chi connectivity index (χ2n) is 5.56. The Labute approximate surface area is 134 Å². The number of carbonyl (C=O) groups is 1. The summed E-state index contributed by atoms with van der Waals surface area (Å²) >= 11 is 3.53. The predicted molar refractivity (Wildman–Crippen MR) is 89.5 cm³/mol. The molecule has 0 saturated carbocycles. The highest BCUT2D eigenvalue weighted by Gasteiger charge is 2.36. The van der Waals surface area contributed by atoms with E-state index in [0.717, 1.165) is 36.5 Å². The summed E-state index contributed by atoms with van der Waals surface area (Å²) < 4.78 is 0.0828. The van der Waals surface area contributed by atoms with Crippen LogP contribution in [0.2, 0.25) is 0 Å². The first-order valence-corrected chi connectivity index (χ1v) is 9.62. The van der Waals surface area contributed by atoms with Crippen LogP contribution in [0.1, 0.15) is 30.9 Å². The molecule has 2 fully saturated rings. The molecule has 2 saturated heterocycles. The quantitative estimate of drug-likeness (QED) is 0.925. The lowest BCUT2D eigenvalue weighted by Gasteiger charge is -2.28. The number of aliphatic hydroxyl groups excluding tert-OH is 1. The lowest BCUT2D eigenvalue weighted by atomic mass is 10.0. The van der Waals surface area contributed by atoms with E-state index < -0.39 is 6.10 Å². The SMILES string of the molecule is O=C(C1SCCS1)N1CCC[C@@H]1C[C@@H](O)c1ccccc1. The standard InChI is InChI=1S/C16H21NO2S2/c18-14(12-5-2-1-3-6-12)11-13-7-4-8-17(13)15(19)16-20-9-10-21-16/h1-3,5-6,13-14,16,18H,4,7-11H2/t13-,14-/m1/s1. The van der Waals surface area contributed by atoms with E-state index in [1.807, 2.05) is 35.2 Å². The molecule has 2 heterocycles. The van der Waals surface area contributed by atoms with Crippen LogP contribution < -0.4 is 0 Å². The van der Waals surface area contributed by atoms with Crippen LogP contribution in [-0.2, 0) is 4.79 Å². The van der Waals surface area contributed by atoms with Crippen molar-refractivity contribution in [1.82, 2.24) is 4.90 Å². The molecule has 1 aromatic carbocycles. The molecule has 2 atom stereocenters. The van der Waals surface area contributed by atoms with Gasteiger partial charge in [-0.2, -0.15) is 0 Å². The number of hydrogen-bond donors (Lipinski definition) is 1. The number of likely N-dealkylation sites (tertiary alicyclic amines) is 1. The summed E-state index contributed by atoms with van der Waals surface area (Å²) in [6.07, 6.45) is 2.24. The molecule has 21 heavy (non-hydrogen) atoms. The van der Waals surface area contributed by atoms with Gasteiger partial charge in [0.2, 0.25) is 5.91 Å². The minimum absolute atomic E-state index is 0.0828. The van der Waals surface area contributed by atoms with Crippen molar-refractivity contribution in [2.24, 2.45) is 0 Å². The van der Waals surface area contributed by atoms with Crippen LogP contribution in [0.25, 0.3) is 0 Å². The molecule has 5 heteroatoms. The summed E-state index contributed by atoms with van der Waals surface area (Å²) in [6.45, 7) is 0.850. The Morgan fingerprint density at radius 2 is 2.00 bits per heavy atom. The fourth-order valence-electron chi connectivity index (χ4n) is 3.08. The lowest BCUT2D eigenvalue weighted by molar-refractivity contribution is -0.130.